The maximum Gasteiger partial charge on any atom is 0.240 e. The van der Waals surface area contributed by atoms with E-state index in [9.17, 15) is 13.2 Å². The molecule has 3 fully saturated rings. The highest BCUT2D eigenvalue weighted by Gasteiger charge is 2.39. The van der Waals surface area contributed by atoms with Crippen LogP contribution in [0.25, 0.3) is 0 Å². The molecule has 0 aromatic heterocycles. The Labute approximate surface area is 173 Å². The van der Waals surface area contributed by atoms with E-state index in [-0.39, 0.29) is 17.7 Å². The molecule has 1 aromatic carbocycles. The second-order valence-corrected chi connectivity index (χ2v) is 10.2. The monoisotopic (exact) mass is 421 g/mol. The number of piperazine rings is 1. The molecule has 29 heavy (non-hydrogen) atoms. The van der Waals surface area contributed by atoms with Gasteiger partial charge in [-0.3, -0.25) is 9.69 Å². The predicted molar refractivity (Wildman–Crippen MR) is 111 cm³/mol. The number of nitrogens with zero attached hydrogens (tertiary/aromatic N) is 3. The van der Waals surface area contributed by atoms with Gasteiger partial charge in [-0.25, -0.2) is 8.42 Å². The van der Waals surface area contributed by atoms with Crippen molar-refractivity contribution in [3.8, 4) is 0 Å². The molecular weight excluding hydrogens is 390 g/mol. The van der Waals surface area contributed by atoms with Gasteiger partial charge in [-0.1, -0.05) is 30.3 Å². The maximum atomic E-state index is 13.2. The Morgan fingerprint density at radius 2 is 1.66 bits per heavy atom. The highest BCUT2D eigenvalue weighted by molar-refractivity contribution is 7.88. The molecule has 3 aliphatic rings. The summed E-state index contributed by atoms with van der Waals surface area (Å²) in [5.74, 6) is 0.191. The van der Waals surface area contributed by atoms with Crippen molar-refractivity contribution >= 4 is 15.9 Å². The third-order valence-corrected chi connectivity index (χ3v) is 8.22. The minimum atomic E-state index is -3.36. The Morgan fingerprint density at radius 3 is 2.34 bits per heavy atom. The van der Waals surface area contributed by atoms with Crippen LogP contribution in [0.15, 0.2) is 30.3 Å². The zero-order chi connectivity index (χ0) is 20.3. The van der Waals surface area contributed by atoms with Crippen LogP contribution in [-0.4, -0.2) is 86.5 Å². The summed E-state index contributed by atoms with van der Waals surface area (Å²) in [4.78, 5) is 17.4. The molecule has 7 nitrogen and oxygen atoms in total. The maximum absolute atomic E-state index is 13.2. The van der Waals surface area contributed by atoms with Crippen molar-refractivity contribution in [1.82, 2.24) is 14.1 Å². The van der Waals surface area contributed by atoms with Crippen LogP contribution in [0, 0.1) is 0 Å². The summed E-state index contributed by atoms with van der Waals surface area (Å²) in [6, 6.07) is 9.65. The number of hydrogen-bond acceptors (Lipinski definition) is 5. The van der Waals surface area contributed by atoms with E-state index in [1.807, 2.05) is 35.2 Å². The summed E-state index contributed by atoms with van der Waals surface area (Å²) >= 11 is 0. The summed E-state index contributed by atoms with van der Waals surface area (Å²) in [6.45, 7) is 4.25. The van der Waals surface area contributed by atoms with Gasteiger partial charge in [0.15, 0.2) is 0 Å². The molecule has 0 spiro atoms. The Balaban J connectivity index is 1.33. The van der Waals surface area contributed by atoms with Crippen molar-refractivity contribution in [1.29, 1.82) is 0 Å². The average molecular weight is 422 g/mol. The lowest BCUT2D eigenvalue weighted by molar-refractivity contribution is -0.138. The van der Waals surface area contributed by atoms with E-state index in [2.05, 4.69) is 4.90 Å². The lowest BCUT2D eigenvalue weighted by Crippen LogP contribution is -2.56. The van der Waals surface area contributed by atoms with Gasteiger partial charge in [0.1, 0.15) is 0 Å². The first-order chi connectivity index (χ1) is 14.0. The molecule has 160 valence electrons. The van der Waals surface area contributed by atoms with E-state index in [0.717, 1.165) is 51.0 Å². The summed E-state index contributed by atoms with van der Waals surface area (Å²) in [5, 5.41) is 0. The molecule has 0 bridgehead atoms. The number of carbonyl (C=O) groups excluding carboxylic acids is 1. The van der Waals surface area contributed by atoms with Gasteiger partial charge in [-0.15, -0.1) is 0 Å². The number of rotatable bonds is 5. The molecule has 0 saturated carbocycles. The van der Waals surface area contributed by atoms with Crippen molar-refractivity contribution in [3.05, 3.63) is 35.9 Å². The number of carbonyl (C=O) groups is 1. The van der Waals surface area contributed by atoms with Crippen molar-refractivity contribution in [2.24, 2.45) is 0 Å². The van der Waals surface area contributed by atoms with Crippen LogP contribution in [0.2, 0.25) is 0 Å². The minimum Gasteiger partial charge on any atom is -0.381 e. The largest absolute Gasteiger partial charge is 0.381 e. The van der Waals surface area contributed by atoms with E-state index in [0.29, 0.717) is 32.2 Å². The van der Waals surface area contributed by atoms with Gasteiger partial charge < -0.3 is 9.64 Å². The van der Waals surface area contributed by atoms with Crippen LogP contribution in [0.3, 0.4) is 0 Å². The fourth-order valence-corrected chi connectivity index (χ4v) is 6.30. The molecule has 3 aliphatic heterocycles. The molecule has 1 amide bonds. The zero-order valence-electron chi connectivity index (χ0n) is 16.9. The normalized spacial score (nSPS) is 25.4. The van der Waals surface area contributed by atoms with Gasteiger partial charge in [-0.2, -0.15) is 4.31 Å². The molecule has 1 atom stereocenters. The molecule has 4 rings (SSSR count). The zero-order valence-corrected chi connectivity index (χ0v) is 17.7. The Morgan fingerprint density at radius 1 is 0.966 bits per heavy atom. The van der Waals surface area contributed by atoms with Crippen LogP contribution in [0.1, 0.15) is 31.2 Å². The highest BCUT2D eigenvalue weighted by atomic mass is 32.2. The molecule has 0 radical (unpaired) electrons. The van der Waals surface area contributed by atoms with Gasteiger partial charge in [0.25, 0.3) is 0 Å². The number of hydrogen-bond donors (Lipinski definition) is 0. The van der Waals surface area contributed by atoms with Crippen LogP contribution in [0.4, 0.5) is 0 Å². The molecule has 3 heterocycles. The summed E-state index contributed by atoms with van der Waals surface area (Å²) in [6.07, 6.45) is 3.95. The molecule has 0 N–H and O–H groups in total. The van der Waals surface area contributed by atoms with E-state index in [1.165, 1.54) is 4.31 Å². The second-order valence-electron chi connectivity index (χ2n) is 8.21. The van der Waals surface area contributed by atoms with Crippen LogP contribution >= 0.6 is 0 Å². The minimum absolute atomic E-state index is 0.0158. The summed E-state index contributed by atoms with van der Waals surface area (Å²) in [7, 11) is -3.36. The first-order valence-corrected chi connectivity index (χ1v) is 12.3. The summed E-state index contributed by atoms with van der Waals surface area (Å²) in [5.41, 5.74) is 0.795. The fraction of sp³-hybridized carbons (Fsp3) is 0.667. The lowest BCUT2D eigenvalue weighted by atomic mass is 10.1. The van der Waals surface area contributed by atoms with E-state index in [1.54, 1.807) is 0 Å². The second kappa shape index (κ2) is 9.12. The summed E-state index contributed by atoms with van der Waals surface area (Å²) < 4.78 is 32.5. The van der Waals surface area contributed by atoms with Gasteiger partial charge in [0.05, 0.1) is 11.8 Å². The third-order valence-electron chi connectivity index (χ3n) is 6.37. The average Bonchev–Trinajstić information content (AvgIpc) is 3.24. The fourth-order valence-electron chi connectivity index (χ4n) is 4.78. The first kappa shape index (κ1) is 20.8. The molecule has 0 unspecified atom stereocenters. The van der Waals surface area contributed by atoms with E-state index in [4.69, 9.17) is 4.74 Å². The van der Waals surface area contributed by atoms with Gasteiger partial charge in [0, 0.05) is 45.4 Å². The number of benzene rings is 1. The molecule has 3 saturated heterocycles. The molecular formula is C21H31N3O4S. The highest BCUT2D eigenvalue weighted by Crippen LogP contribution is 2.27. The van der Waals surface area contributed by atoms with Gasteiger partial charge >= 0.3 is 0 Å². The smallest absolute Gasteiger partial charge is 0.240 e. The number of amides is 1. The van der Waals surface area contributed by atoms with Crippen LogP contribution in [0.5, 0.6) is 0 Å². The third kappa shape index (κ3) is 4.82. The molecule has 0 aliphatic carbocycles. The number of sulfonamides is 1. The van der Waals surface area contributed by atoms with Crippen LogP contribution < -0.4 is 0 Å². The predicted octanol–water partition coefficient (Wildman–Crippen LogP) is 1.30. The van der Waals surface area contributed by atoms with Gasteiger partial charge in [0.2, 0.25) is 15.9 Å². The molecule has 1 aromatic rings. The molecule has 8 heteroatoms. The number of ether oxygens (including phenoxy) is 1. The SMILES string of the molecule is O=C([C@H]1CCCN1C1CCOCC1)N1CCN(S(=O)(=O)Cc2ccccc2)CC1. The Kier molecular flexibility index (Phi) is 6.53. The number of likely N-dealkylation sites (tertiary alicyclic amines) is 1. The standard InChI is InChI=1S/C21H31N3O4S/c25-21(20-7-4-10-24(20)19-8-15-28-16-9-19)22-11-13-23(14-12-22)29(26,27)17-18-5-2-1-3-6-18/h1-3,5-6,19-20H,4,7-17H2/t20-/m1/s1. The van der Waals surface area contributed by atoms with E-state index < -0.39 is 10.0 Å². The van der Waals surface area contributed by atoms with Gasteiger partial charge in [-0.05, 0) is 37.8 Å². The van der Waals surface area contributed by atoms with E-state index >= 15 is 0 Å². The van der Waals surface area contributed by atoms with Crippen molar-refractivity contribution in [3.63, 3.8) is 0 Å². The van der Waals surface area contributed by atoms with Crippen molar-refractivity contribution < 1.29 is 17.9 Å². The topological polar surface area (TPSA) is 70.2 Å². The van der Waals surface area contributed by atoms with Crippen molar-refractivity contribution in [2.75, 3.05) is 45.9 Å². The first-order valence-electron chi connectivity index (χ1n) is 10.7. The Hall–Kier alpha value is -1.48. The Bertz CT molecular complexity index is 787. The van der Waals surface area contributed by atoms with Crippen molar-refractivity contribution in [2.45, 2.75) is 43.5 Å². The van der Waals surface area contributed by atoms with Crippen LogP contribution in [-0.2, 0) is 25.3 Å². The quantitative estimate of drug-likeness (QED) is 0.717. The lowest BCUT2D eigenvalue weighted by Gasteiger charge is -2.39.